The third-order valence-corrected chi connectivity index (χ3v) is 5.86. The van der Waals surface area contributed by atoms with Gasteiger partial charge in [-0.25, -0.2) is 4.98 Å². The van der Waals surface area contributed by atoms with Crippen molar-refractivity contribution in [2.24, 2.45) is 0 Å². The van der Waals surface area contributed by atoms with E-state index in [1.807, 2.05) is 29.8 Å². The number of aryl methyl sites for hydroxylation is 1. The van der Waals surface area contributed by atoms with Crippen molar-refractivity contribution in [2.45, 2.75) is 44.1 Å². The van der Waals surface area contributed by atoms with Crippen LogP contribution >= 0.6 is 11.3 Å². The second-order valence-electron chi connectivity index (χ2n) is 6.87. The summed E-state index contributed by atoms with van der Waals surface area (Å²) < 4.78 is 7.41. The molecule has 1 aliphatic rings. The van der Waals surface area contributed by atoms with Gasteiger partial charge in [-0.3, -0.25) is 4.79 Å². The fraction of sp³-hybridized carbons (Fsp3) is 0.333. The monoisotopic (exact) mass is 367 g/mol. The smallest absolute Gasteiger partial charge is 0.303 e. The third-order valence-electron chi connectivity index (χ3n) is 5.06. The number of aromatic nitrogens is 1. The molecular formula is C21H21NO3S. The number of aliphatic carboxylic acids is 1. The highest BCUT2D eigenvalue weighted by atomic mass is 32.1. The summed E-state index contributed by atoms with van der Waals surface area (Å²) in [5.74, 6) is 0.646. The lowest BCUT2D eigenvalue weighted by Crippen LogP contribution is -2.12. The summed E-state index contributed by atoms with van der Waals surface area (Å²) in [7, 11) is 0. The van der Waals surface area contributed by atoms with E-state index in [0.717, 1.165) is 36.1 Å². The predicted molar refractivity (Wildman–Crippen MR) is 103 cm³/mol. The van der Waals surface area contributed by atoms with Crippen LogP contribution in [0.25, 0.3) is 10.2 Å². The van der Waals surface area contributed by atoms with E-state index in [4.69, 9.17) is 9.84 Å². The van der Waals surface area contributed by atoms with Crippen molar-refractivity contribution < 1.29 is 14.6 Å². The predicted octanol–water partition coefficient (Wildman–Crippen LogP) is 5.03. The van der Waals surface area contributed by atoms with E-state index in [1.165, 1.54) is 10.3 Å². The Balaban J connectivity index is 1.35. The number of ether oxygens (including phenoxy) is 1. The number of carboxylic acid groups (broad SMARTS) is 1. The van der Waals surface area contributed by atoms with Crippen LogP contribution in [0.5, 0.6) is 5.75 Å². The average Bonchev–Trinajstić information content (AvgIpc) is 3.29. The standard InChI is InChI=1S/C21H21NO3S/c23-21(24)10-3-14-1-6-17(7-2-14)25-18-8-4-15(11-18)16-5-9-19-20(12-16)26-13-22-19/h1-2,5-7,9,12-13,15,18H,3-4,8,10-11H2,(H,23,24). The number of benzene rings is 2. The molecule has 0 amide bonds. The van der Waals surface area contributed by atoms with E-state index in [0.29, 0.717) is 12.3 Å². The fourth-order valence-electron chi connectivity index (χ4n) is 3.65. The molecule has 1 saturated carbocycles. The molecule has 2 atom stereocenters. The molecule has 1 aromatic heterocycles. The number of hydrogen-bond acceptors (Lipinski definition) is 4. The van der Waals surface area contributed by atoms with Gasteiger partial charge in [-0.1, -0.05) is 18.2 Å². The molecule has 0 saturated heterocycles. The summed E-state index contributed by atoms with van der Waals surface area (Å²) in [5.41, 5.74) is 5.39. The Hall–Kier alpha value is -2.40. The lowest BCUT2D eigenvalue weighted by Gasteiger charge is -2.15. The molecule has 4 nitrogen and oxygen atoms in total. The maximum Gasteiger partial charge on any atom is 0.303 e. The first-order valence-electron chi connectivity index (χ1n) is 8.98. The van der Waals surface area contributed by atoms with Gasteiger partial charge in [0, 0.05) is 6.42 Å². The number of carbonyl (C=O) groups is 1. The molecule has 1 aliphatic carbocycles. The number of nitrogens with zero attached hydrogens (tertiary/aromatic N) is 1. The minimum atomic E-state index is -0.765. The van der Waals surface area contributed by atoms with Gasteiger partial charge in [-0.05, 0) is 67.0 Å². The third kappa shape index (κ3) is 3.88. The lowest BCUT2D eigenvalue weighted by atomic mass is 9.97. The zero-order valence-corrected chi connectivity index (χ0v) is 15.2. The molecule has 0 aliphatic heterocycles. The van der Waals surface area contributed by atoms with Crippen LogP contribution in [0.2, 0.25) is 0 Å². The van der Waals surface area contributed by atoms with Crippen LogP contribution in [0.3, 0.4) is 0 Å². The van der Waals surface area contributed by atoms with Gasteiger partial charge in [-0.2, -0.15) is 0 Å². The zero-order valence-electron chi connectivity index (χ0n) is 14.4. The van der Waals surface area contributed by atoms with Crippen LogP contribution in [0, 0.1) is 0 Å². The van der Waals surface area contributed by atoms with E-state index >= 15 is 0 Å². The number of thiazole rings is 1. The van der Waals surface area contributed by atoms with Crippen LogP contribution in [0.1, 0.15) is 42.7 Å². The number of fused-ring (bicyclic) bond motifs is 1. The maximum absolute atomic E-state index is 10.6. The number of carboxylic acids is 1. The Kier molecular flexibility index (Phi) is 4.89. The van der Waals surface area contributed by atoms with Crippen molar-refractivity contribution in [3.05, 3.63) is 59.1 Å². The summed E-state index contributed by atoms with van der Waals surface area (Å²) in [6, 6.07) is 14.4. The Morgan fingerprint density at radius 3 is 2.85 bits per heavy atom. The Bertz CT molecular complexity index is 903. The maximum atomic E-state index is 10.6. The zero-order chi connectivity index (χ0) is 17.9. The molecule has 1 N–H and O–H groups in total. The first-order valence-corrected chi connectivity index (χ1v) is 9.86. The molecular weight excluding hydrogens is 346 g/mol. The van der Waals surface area contributed by atoms with Crippen molar-refractivity contribution in [1.29, 1.82) is 0 Å². The number of hydrogen-bond donors (Lipinski definition) is 1. The molecule has 0 radical (unpaired) electrons. The summed E-state index contributed by atoms with van der Waals surface area (Å²) in [6.07, 6.45) is 4.20. The second-order valence-corrected chi connectivity index (χ2v) is 7.75. The minimum absolute atomic E-state index is 0.161. The normalized spacial score (nSPS) is 19.7. The summed E-state index contributed by atoms with van der Waals surface area (Å²) in [6.45, 7) is 0. The van der Waals surface area contributed by atoms with Gasteiger partial charge in [0.1, 0.15) is 5.75 Å². The first-order chi connectivity index (χ1) is 12.7. The van der Waals surface area contributed by atoms with Crippen molar-refractivity contribution in [3.63, 3.8) is 0 Å². The molecule has 2 aromatic carbocycles. The molecule has 3 aromatic rings. The molecule has 0 bridgehead atoms. The molecule has 134 valence electrons. The topological polar surface area (TPSA) is 59.4 Å². The highest BCUT2D eigenvalue weighted by Crippen LogP contribution is 2.37. The molecule has 2 unspecified atom stereocenters. The van der Waals surface area contributed by atoms with E-state index in [9.17, 15) is 4.79 Å². The lowest BCUT2D eigenvalue weighted by molar-refractivity contribution is -0.136. The average molecular weight is 367 g/mol. The van der Waals surface area contributed by atoms with E-state index in [1.54, 1.807) is 11.3 Å². The largest absolute Gasteiger partial charge is 0.490 e. The quantitative estimate of drug-likeness (QED) is 0.664. The fourth-order valence-corrected chi connectivity index (χ4v) is 4.38. The summed E-state index contributed by atoms with van der Waals surface area (Å²) in [4.78, 5) is 15.0. The highest BCUT2D eigenvalue weighted by Gasteiger charge is 2.27. The molecule has 26 heavy (non-hydrogen) atoms. The van der Waals surface area contributed by atoms with Gasteiger partial charge in [0.15, 0.2) is 0 Å². The minimum Gasteiger partial charge on any atom is -0.490 e. The van der Waals surface area contributed by atoms with E-state index in [-0.39, 0.29) is 12.5 Å². The van der Waals surface area contributed by atoms with Crippen LogP contribution in [0.4, 0.5) is 0 Å². The first kappa shape index (κ1) is 17.0. The SMILES string of the molecule is O=C(O)CCc1ccc(OC2CCC(c3ccc4ncsc4c3)C2)cc1. The van der Waals surface area contributed by atoms with Gasteiger partial charge in [0.05, 0.1) is 21.8 Å². The van der Waals surface area contributed by atoms with Gasteiger partial charge >= 0.3 is 5.97 Å². The molecule has 1 fully saturated rings. The molecule has 5 heteroatoms. The van der Waals surface area contributed by atoms with Crippen LogP contribution in [-0.2, 0) is 11.2 Å². The van der Waals surface area contributed by atoms with E-state index in [2.05, 4.69) is 23.2 Å². The summed E-state index contributed by atoms with van der Waals surface area (Å²) in [5, 5.41) is 8.76. The van der Waals surface area contributed by atoms with Gasteiger partial charge in [-0.15, -0.1) is 11.3 Å². The molecule has 4 rings (SSSR count). The Labute approximate surface area is 156 Å². The Morgan fingerprint density at radius 2 is 2.04 bits per heavy atom. The molecule has 0 spiro atoms. The van der Waals surface area contributed by atoms with Gasteiger partial charge < -0.3 is 9.84 Å². The van der Waals surface area contributed by atoms with Gasteiger partial charge in [0.25, 0.3) is 0 Å². The van der Waals surface area contributed by atoms with Crippen LogP contribution < -0.4 is 4.74 Å². The van der Waals surface area contributed by atoms with Crippen molar-refractivity contribution in [1.82, 2.24) is 4.98 Å². The highest BCUT2D eigenvalue weighted by molar-refractivity contribution is 7.16. The van der Waals surface area contributed by atoms with Crippen LogP contribution in [0.15, 0.2) is 48.0 Å². The Morgan fingerprint density at radius 1 is 1.19 bits per heavy atom. The number of rotatable bonds is 6. The second kappa shape index (κ2) is 7.46. The van der Waals surface area contributed by atoms with Crippen molar-refractivity contribution in [3.8, 4) is 5.75 Å². The molecule has 1 heterocycles. The summed E-state index contributed by atoms with van der Waals surface area (Å²) >= 11 is 1.69. The van der Waals surface area contributed by atoms with Crippen LogP contribution in [-0.4, -0.2) is 22.2 Å². The van der Waals surface area contributed by atoms with E-state index < -0.39 is 5.97 Å². The van der Waals surface area contributed by atoms with Crippen molar-refractivity contribution in [2.75, 3.05) is 0 Å². The van der Waals surface area contributed by atoms with Crippen molar-refractivity contribution >= 4 is 27.5 Å². The van der Waals surface area contributed by atoms with Gasteiger partial charge in [0.2, 0.25) is 0 Å².